The van der Waals surface area contributed by atoms with Gasteiger partial charge in [0, 0.05) is 12.4 Å². The molecule has 0 bridgehead atoms. The van der Waals surface area contributed by atoms with Crippen LogP contribution in [0.5, 0.6) is 6.01 Å². The van der Waals surface area contributed by atoms with Gasteiger partial charge in [-0.25, -0.2) is 9.97 Å². The molecule has 1 aromatic heterocycles. The van der Waals surface area contributed by atoms with Crippen molar-refractivity contribution in [2.24, 2.45) is 0 Å². The van der Waals surface area contributed by atoms with Gasteiger partial charge in [0.2, 0.25) is 0 Å². The fraction of sp³-hybridized carbons (Fsp3) is 0.600. The molecule has 92 valence electrons. The third kappa shape index (κ3) is 7.05. The average Bonchev–Trinajstić information content (AvgIpc) is 2.29. The number of ether oxygens (including phenoxy) is 2. The number of aromatic nitrogens is 2. The number of halogens is 2. The molecule has 0 spiro atoms. The van der Waals surface area contributed by atoms with Crippen molar-refractivity contribution >= 4 is 0 Å². The lowest BCUT2D eigenvalue weighted by molar-refractivity contribution is -0.133. The number of rotatable bonds is 5. The maximum absolute atomic E-state index is 11.5. The van der Waals surface area contributed by atoms with Crippen molar-refractivity contribution in [3.8, 4) is 6.01 Å². The highest BCUT2D eigenvalue weighted by Gasteiger charge is 2.01. The highest BCUT2D eigenvalue weighted by Crippen LogP contribution is 2.01. The molecule has 0 atom stereocenters. The second-order valence-electron chi connectivity index (χ2n) is 2.52. The Hall–Kier alpha value is -1.30. The zero-order valence-electron chi connectivity index (χ0n) is 9.61. The van der Waals surface area contributed by atoms with E-state index in [-0.39, 0.29) is 19.2 Å². The molecule has 4 nitrogen and oxygen atoms in total. The first-order chi connectivity index (χ1) is 7.68. The summed E-state index contributed by atoms with van der Waals surface area (Å²) in [5, 5.41) is 0. The average molecular weight is 234 g/mol. The van der Waals surface area contributed by atoms with E-state index in [0.29, 0.717) is 0 Å². The predicted molar refractivity (Wildman–Crippen MR) is 55.6 cm³/mol. The first kappa shape index (κ1) is 14.7. The van der Waals surface area contributed by atoms with Gasteiger partial charge in [0.25, 0.3) is 0 Å². The molecule has 0 aromatic carbocycles. The molecule has 1 heterocycles. The van der Waals surface area contributed by atoms with Gasteiger partial charge >= 0.3 is 12.6 Å². The molecule has 0 fully saturated rings. The molecule has 0 aliphatic carbocycles. The summed E-state index contributed by atoms with van der Waals surface area (Å²) in [5.41, 5.74) is 0.904. The molecule has 0 amide bonds. The molecule has 0 radical (unpaired) electrons. The molecule has 0 aliphatic rings. The lowest BCUT2D eigenvalue weighted by atomic mass is 10.4. The topological polar surface area (TPSA) is 44.2 Å². The lowest BCUT2D eigenvalue weighted by Crippen LogP contribution is -2.10. The van der Waals surface area contributed by atoms with Crippen LogP contribution in [-0.4, -0.2) is 29.8 Å². The molecule has 1 aromatic rings. The van der Waals surface area contributed by atoms with Crippen LogP contribution in [0.15, 0.2) is 12.4 Å². The Kier molecular flexibility index (Phi) is 8.24. The molecule has 16 heavy (non-hydrogen) atoms. The molecule has 1 rings (SSSR count). The lowest BCUT2D eigenvalue weighted by Gasteiger charge is -2.04. The van der Waals surface area contributed by atoms with Gasteiger partial charge < -0.3 is 9.47 Å². The molecular weight excluding hydrogens is 218 g/mol. The van der Waals surface area contributed by atoms with Crippen LogP contribution in [0, 0.1) is 6.92 Å². The Labute approximate surface area is 93.6 Å². The summed E-state index contributed by atoms with van der Waals surface area (Å²) in [6.45, 7) is 2.89. The Balaban J connectivity index is 0.00000106. The van der Waals surface area contributed by atoms with E-state index in [0.717, 1.165) is 5.56 Å². The Morgan fingerprint density at radius 3 is 2.25 bits per heavy atom. The molecular formula is C10H16F2N2O2. The molecule has 0 unspecified atom stereocenters. The SMILES string of the molecule is CC.Cc1cnc(OCCOC(F)F)nc1. The monoisotopic (exact) mass is 234 g/mol. The normalized spacial score (nSPS) is 9.62. The summed E-state index contributed by atoms with van der Waals surface area (Å²) in [6.07, 6.45) is 3.16. The van der Waals surface area contributed by atoms with Crippen molar-refractivity contribution in [2.45, 2.75) is 27.4 Å². The van der Waals surface area contributed by atoms with Crippen LogP contribution in [0.2, 0.25) is 0 Å². The van der Waals surface area contributed by atoms with E-state index in [1.807, 2.05) is 20.8 Å². The van der Waals surface area contributed by atoms with Gasteiger partial charge in [-0.1, -0.05) is 13.8 Å². The highest BCUT2D eigenvalue weighted by molar-refractivity contribution is 5.04. The summed E-state index contributed by atoms with van der Waals surface area (Å²) in [5.74, 6) is 0. The number of alkyl halides is 2. The largest absolute Gasteiger partial charge is 0.461 e. The maximum atomic E-state index is 11.5. The van der Waals surface area contributed by atoms with E-state index >= 15 is 0 Å². The van der Waals surface area contributed by atoms with Gasteiger partial charge in [-0.3, -0.25) is 0 Å². The zero-order chi connectivity index (χ0) is 12.4. The summed E-state index contributed by atoms with van der Waals surface area (Å²) < 4.78 is 31.9. The highest BCUT2D eigenvalue weighted by atomic mass is 19.3. The Morgan fingerprint density at radius 2 is 1.75 bits per heavy atom. The molecule has 6 heteroatoms. The molecule has 0 aliphatic heterocycles. The van der Waals surface area contributed by atoms with Crippen LogP contribution >= 0.6 is 0 Å². The van der Waals surface area contributed by atoms with Gasteiger partial charge in [0.1, 0.15) is 6.61 Å². The number of aryl methyl sites for hydroxylation is 1. The maximum Gasteiger partial charge on any atom is 0.345 e. The van der Waals surface area contributed by atoms with E-state index in [9.17, 15) is 8.78 Å². The summed E-state index contributed by atoms with van der Waals surface area (Å²) in [7, 11) is 0. The molecule has 0 saturated carbocycles. The Morgan fingerprint density at radius 1 is 1.19 bits per heavy atom. The van der Waals surface area contributed by atoms with Gasteiger partial charge in [0.15, 0.2) is 0 Å². The minimum atomic E-state index is -2.77. The fourth-order valence-corrected chi connectivity index (χ4v) is 0.725. The number of hydrogen-bond acceptors (Lipinski definition) is 4. The first-order valence-corrected chi connectivity index (χ1v) is 4.99. The number of hydrogen-bond donors (Lipinski definition) is 0. The van der Waals surface area contributed by atoms with E-state index in [1.54, 1.807) is 12.4 Å². The standard InChI is InChI=1S/C8H10F2N2O2.C2H6/c1-6-4-11-8(12-5-6)14-3-2-13-7(9)10;1-2/h4-5,7H,2-3H2,1H3;1-2H3. The van der Waals surface area contributed by atoms with Crippen LogP contribution in [0.25, 0.3) is 0 Å². The quantitative estimate of drug-likeness (QED) is 0.734. The third-order valence-corrected chi connectivity index (χ3v) is 1.32. The van der Waals surface area contributed by atoms with Crippen molar-refractivity contribution in [3.63, 3.8) is 0 Å². The van der Waals surface area contributed by atoms with E-state index < -0.39 is 6.61 Å². The minimum Gasteiger partial charge on any atom is -0.461 e. The van der Waals surface area contributed by atoms with E-state index in [2.05, 4.69) is 14.7 Å². The van der Waals surface area contributed by atoms with Crippen LogP contribution in [0.3, 0.4) is 0 Å². The summed E-state index contributed by atoms with van der Waals surface area (Å²) in [6, 6.07) is 0.161. The van der Waals surface area contributed by atoms with Crippen LogP contribution in [-0.2, 0) is 4.74 Å². The van der Waals surface area contributed by atoms with Crippen molar-refractivity contribution < 1.29 is 18.3 Å². The van der Waals surface area contributed by atoms with Gasteiger partial charge in [-0.2, -0.15) is 8.78 Å². The molecule has 0 saturated heterocycles. The van der Waals surface area contributed by atoms with E-state index in [4.69, 9.17) is 4.74 Å². The van der Waals surface area contributed by atoms with Crippen molar-refractivity contribution in [1.82, 2.24) is 9.97 Å². The molecule has 0 N–H and O–H groups in total. The van der Waals surface area contributed by atoms with Crippen molar-refractivity contribution in [3.05, 3.63) is 18.0 Å². The van der Waals surface area contributed by atoms with Crippen LogP contribution in [0.1, 0.15) is 19.4 Å². The van der Waals surface area contributed by atoms with Crippen LogP contribution < -0.4 is 4.74 Å². The smallest absolute Gasteiger partial charge is 0.345 e. The predicted octanol–water partition coefficient (Wildman–Crippen LogP) is 2.43. The minimum absolute atomic E-state index is 0.00734. The second-order valence-corrected chi connectivity index (χ2v) is 2.52. The fourth-order valence-electron chi connectivity index (χ4n) is 0.725. The zero-order valence-corrected chi connectivity index (χ0v) is 9.61. The van der Waals surface area contributed by atoms with Gasteiger partial charge in [0.05, 0.1) is 6.61 Å². The summed E-state index contributed by atoms with van der Waals surface area (Å²) in [4.78, 5) is 7.64. The third-order valence-electron chi connectivity index (χ3n) is 1.32. The second kappa shape index (κ2) is 8.96. The number of nitrogens with zero attached hydrogens (tertiary/aromatic N) is 2. The van der Waals surface area contributed by atoms with E-state index in [1.165, 1.54) is 0 Å². The first-order valence-electron chi connectivity index (χ1n) is 4.99. The van der Waals surface area contributed by atoms with Crippen molar-refractivity contribution in [2.75, 3.05) is 13.2 Å². The van der Waals surface area contributed by atoms with Crippen molar-refractivity contribution in [1.29, 1.82) is 0 Å². The van der Waals surface area contributed by atoms with Crippen LogP contribution in [0.4, 0.5) is 8.78 Å². The van der Waals surface area contributed by atoms with Gasteiger partial charge in [-0.05, 0) is 12.5 Å². The van der Waals surface area contributed by atoms with Gasteiger partial charge in [-0.15, -0.1) is 0 Å². The Bertz CT molecular complexity index is 268. The summed E-state index contributed by atoms with van der Waals surface area (Å²) >= 11 is 0.